The van der Waals surface area contributed by atoms with Crippen molar-refractivity contribution in [3.05, 3.63) is 55.9 Å². The summed E-state index contributed by atoms with van der Waals surface area (Å²) < 4.78 is 7.01. The number of H-pyrrole nitrogens is 1. The van der Waals surface area contributed by atoms with E-state index >= 15 is 0 Å². The lowest BCUT2D eigenvalue weighted by molar-refractivity contribution is 0.415. The molecule has 0 aliphatic heterocycles. The summed E-state index contributed by atoms with van der Waals surface area (Å²) in [7, 11) is 3.39. The zero-order valence-corrected chi connectivity index (χ0v) is 17.3. The topological polar surface area (TPSA) is 71.9 Å². The molecule has 0 spiro atoms. The number of anilines is 2. The average molecular weight is 417 g/mol. The van der Waals surface area contributed by atoms with Crippen LogP contribution in [0.15, 0.2) is 29.1 Å². The fraction of sp³-hybridized carbons (Fsp3) is 0.200. The summed E-state index contributed by atoms with van der Waals surface area (Å²) in [6.45, 7) is 3.89. The van der Waals surface area contributed by atoms with Gasteiger partial charge in [0.25, 0.3) is 5.56 Å². The number of methoxy groups -OCH3 is 1. The van der Waals surface area contributed by atoms with Crippen molar-refractivity contribution in [3.8, 4) is 5.75 Å². The summed E-state index contributed by atoms with van der Waals surface area (Å²) in [6, 6.07) is 7.18. The molecule has 6 nitrogen and oxygen atoms in total. The van der Waals surface area contributed by atoms with Crippen molar-refractivity contribution in [2.45, 2.75) is 13.8 Å². The molecule has 4 rings (SSSR count). The highest BCUT2D eigenvalue weighted by atomic mass is 35.5. The zero-order valence-electron chi connectivity index (χ0n) is 15.8. The van der Waals surface area contributed by atoms with Crippen molar-refractivity contribution < 1.29 is 4.74 Å². The molecule has 2 N–H and O–H groups in total. The fourth-order valence-corrected chi connectivity index (χ4v) is 3.95. The van der Waals surface area contributed by atoms with Gasteiger partial charge in [-0.2, -0.15) is 0 Å². The minimum Gasteiger partial charge on any atom is -0.497 e. The van der Waals surface area contributed by atoms with Gasteiger partial charge < -0.3 is 19.6 Å². The first-order valence-electron chi connectivity index (χ1n) is 8.60. The van der Waals surface area contributed by atoms with E-state index in [0.29, 0.717) is 38.3 Å². The summed E-state index contributed by atoms with van der Waals surface area (Å²) in [5.41, 5.74) is 3.71. The zero-order chi connectivity index (χ0) is 20.2. The third-order valence-corrected chi connectivity index (χ3v) is 5.62. The fourth-order valence-electron chi connectivity index (χ4n) is 3.39. The molecule has 0 saturated heterocycles. The van der Waals surface area contributed by atoms with Crippen LogP contribution in [0.25, 0.3) is 21.8 Å². The maximum Gasteiger partial charge on any atom is 0.258 e. The predicted molar refractivity (Wildman–Crippen MR) is 115 cm³/mol. The molecule has 4 aromatic rings. The number of hydrogen-bond acceptors (Lipinski definition) is 4. The van der Waals surface area contributed by atoms with E-state index < -0.39 is 0 Å². The second-order valence-electron chi connectivity index (χ2n) is 6.65. The predicted octanol–water partition coefficient (Wildman–Crippen LogP) is 5.09. The lowest BCUT2D eigenvalue weighted by Crippen LogP contribution is -2.11. The molecule has 0 amide bonds. The molecule has 2 aromatic carbocycles. The smallest absolute Gasteiger partial charge is 0.258 e. The molecule has 0 saturated carbocycles. The highest BCUT2D eigenvalue weighted by molar-refractivity contribution is 6.39. The number of nitrogens with one attached hydrogen (secondary N) is 2. The molecule has 0 aliphatic rings. The van der Waals surface area contributed by atoms with E-state index in [9.17, 15) is 4.79 Å². The molecule has 2 aromatic heterocycles. The van der Waals surface area contributed by atoms with Gasteiger partial charge in [-0.1, -0.05) is 29.3 Å². The molecule has 0 radical (unpaired) electrons. The number of nitrogens with zero attached hydrogens (tertiary/aromatic N) is 2. The standard InChI is InChI=1S/C20H18Cl2N4O2/c1-9-10(2)23-19(27)16-12(9)5-6-15-18(16)26(3)20(24-15)25-17-13(21)7-11(28-4)8-14(17)22/h5-8H,1-4H3,(H,23,27)(H,24,25). The summed E-state index contributed by atoms with van der Waals surface area (Å²) >= 11 is 12.7. The van der Waals surface area contributed by atoms with Crippen LogP contribution < -0.4 is 15.6 Å². The van der Waals surface area contributed by atoms with Crippen LogP contribution in [0, 0.1) is 13.8 Å². The summed E-state index contributed by atoms with van der Waals surface area (Å²) in [4.78, 5) is 20.2. The van der Waals surface area contributed by atoms with Gasteiger partial charge in [-0.25, -0.2) is 4.98 Å². The Morgan fingerprint density at radius 1 is 1.18 bits per heavy atom. The van der Waals surface area contributed by atoms with Gasteiger partial charge in [0.1, 0.15) is 5.75 Å². The van der Waals surface area contributed by atoms with E-state index in [2.05, 4.69) is 15.3 Å². The largest absolute Gasteiger partial charge is 0.497 e. The molecule has 0 unspecified atom stereocenters. The third-order valence-electron chi connectivity index (χ3n) is 5.02. The van der Waals surface area contributed by atoms with E-state index in [4.69, 9.17) is 27.9 Å². The van der Waals surface area contributed by atoms with Gasteiger partial charge >= 0.3 is 0 Å². The van der Waals surface area contributed by atoms with E-state index in [-0.39, 0.29) is 5.56 Å². The van der Waals surface area contributed by atoms with Crippen LogP contribution in [0.2, 0.25) is 10.0 Å². The molecule has 0 fully saturated rings. The van der Waals surface area contributed by atoms with Crippen molar-refractivity contribution >= 4 is 56.6 Å². The maximum atomic E-state index is 12.7. The second kappa shape index (κ2) is 6.72. The number of rotatable bonds is 3. The molecule has 8 heteroatoms. The van der Waals surface area contributed by atoms with E-state index in [1.54, 1.807) is 19.2 Å². The second-order valence-corrected chi connectivity index (χ2v) is 7.46. The summed E-state index contributed by atoms with van der Waals surface area (Å²) in [6.07, 6.45) is 0. The Bertz CT molecular complexity index is 1280. The van der Waals surface area contributed by atoms with Gasteiger partial charge in [-0.05, 0) is 30.9 Å². The number of halogens is 2. The number of aromatic amines is 1. The molecule has 28 heavy (non-hydrogen) atoms. The van der Waals surface area contributed by atoms with Crippen LogP contribution in [0.3, 0.4) is 0 Å². The van der Waals surface area contributed by atoms with Gasteiger partial charge in [-0.3, -0.25) is 4.79 Å². The van der Waals surface area contributed by atoms with E-state index in [1.165, 1.54) is 0 Å². The normalized spacial score (nSPS) is 11.4. The van der Waals surface area contributed by atoms with Crippen LogP contribution in [0.1, 0.15) is 11.3 Å². The Morgan fingerprint density at radius 2 is 1.86 bits per heavy atom. The van der Waals surface area contributed by atoms with Gasteiger partial charge in [0.05, 0.1) is 39.3 Å². The minimum atomic E-state index is -0.140. The first kappa shape index (κ1) is 18.7. The first-order valence-corrected chi connectivity index (χ1v) is 9.36. The number of benzene rings is 2. The van der Waals surface area contributed by atoms with Crippen LogP contribution in [-0.2, 0) is 7.05 Å². The maximum absolute atomic E-state index is 12.7. The number of aromatic nitrogens is 3. The Kier molecular flexibility index (Phi) is 4.48. The summed E-state index contributed by atoms with van der Waals surface area (Å²) in [5.74, 6) is 1.09. The Morgan fingerprint density at radius 3 is 2.50 bits per heavy atom. The van der Waals surface area contributed by atoms with Gasteiger partial charge in [0.2, 0.25) is 5.95 Å². The molecule has 2 heterocycles. The third kappa shape index (κ3) is 2.80. The molecule has 0 bridgehead atoms. The first-order chi connectivity index (χ1) is 13.3. The Hall–Kier alpha value is -2.70. The molecule has 144 valence electrons. The average Bonchev–Trinajstić information content (AvgIpc) is 2.97. The van der Waals surface area contributed by atoms with Crippen molar-refractivity contribution in [3.63, 3.8) is 0 Å². The quantitative estimate of drug-likeness (QED) is 0.487. The van der Waals surface area contributed by atoms with Gasteiger partial charge in [0.15, 0.2) is 0 Å². The monoisotopic (exact) mass is 416 g/mol. The molecular weight excluding hydrogens is 399 g/mol. The van der Waals surface area contributed by atoms with Crippen LogP contribution >= 0.6 is 23.2 Å². The molecule has 0 aliphatic carbocycles. The highest BCUT2D eigenvalue weighted by Gasteiger charge is 2.17. The number of pyridine rings is 1. The van der Waals surface area contributed by atoms with Crippen molar-refractivity contribution in [2.24, 2.45) is 7.05 Å². The number of imidazole rings is 1. The lowest BCUT2D eigenvalue weighted by atomic mass is 10.0. The highest BCUT2D eigenvalue weighted by Crippen LogP contribution is 2.37. The lowest BCUT2D eigenvalue weighted by Gasteiger charge is -2.12. The minimum absolute atomic E-state index is 0.140. The number of ether oxygens (including phenoxy) is 1. The SMILES string of the molecule is COc1cc(Cl)c(Nc2nc3ccc4c(C)c(C)[nH]c(=O)c4c3n2C)c(Cl)c1. The molecular formula is C20H18Cl2N4O2. The summed E-state index contributed by atoms with van der Waals surface area (Å²) in [5, 5.41) is 5.51. The number of hydrogen-bond donors (Lipinski definition) is 2. The van der Waals surface area contributed by atoms with Gasteiger partial charge in [-0.15, -0.1) is 0 Å². The van der Waals surface area contributed by atoms with Gasteiger partial charge in [0, 0.05) is 24.9 Å². The van der Waals surface area contributed by atoms with E-state index in [1.807, 2.05) is 37.6 Å². The molecule has 0 atom stereocenters. The van der Waals surface area contributed by atoms with Crippen LogP contribution in [0.4, 0.5) is 11.6 Å². The van der Waals surface area contributed by atoms with Crippen LogP contribution in [0.5, 0.6) is 5.75 Å². The Labute approximate surface area is 171 Å². The Balaban J connectivity index is 1.94. The number of fused-ring (bicyclic) bond motifs is 3. The van der Waals surface area contributed by atoms with Crippen molar-refractivity contribution in [1.82, 2.24) is 14.5 Å². The van der Waals surface area contributed by atoms with Crippen LogP contribution in [-0.4, -0.2) is 21.6 Å². The van der Waals surface area contributed by atoms with E-state index in [0.717, 1.165) is 22.2 Å². The van der Waals surface area contributed by atoms with Crippen molar-refractivity contribution in [1.29, 1.82) is 0 Å². The number of aryl methyl sites for hydroxylation is 3. The van der Waals surface area contributed by atoms with Crippen molar-refractivity contribution in [2.75, 3.05) is 12.4 Å².